The molecule has 0 aromatic heterocycles. The Morgan fingerprint density at radius 3 is 2.44 bits per heavy atom. The van der Waals surface area contributed by atoms with Gasteiger partial charge in [-0.2, -0.15) is 0 Å². The molecule has 1 aromatic rings. The second-order valence-corrected chi connectivity index (χ2v) is 10.7. The molecular formula is C26H40FN5O4. The first kappa shape index (κ1) is 28.0. The number of halogens is 1. The number of nitrogens with two attached hydrogens (primary N) is 1. The van der Waals surface area contributed by atoms with Gasteiger partial charge in [0.15, 0.2) is 0 Å². The summed E-state index contributed by atoms with van der Waals surface area (Å²) in [5.41, 5.74) is 5.66. The minimum Gasteiger partial charge on any atom is -0.379 e. The number of carbonyl (C=O) groups is 3. The smallest absolute Gasteiger partial charge is 0.254 e. The average molecular weight is 506 g/mol. The summed E-state index contributed by atoms with van der Waals surface area (Å²) >= 11 is 0. The summed E-state index contributed by atoms with van der Waals surface area (Å²) < 4.78 is 18.9. The van der Waals surface area contributed by atoms with Crippen LogP contribution in [0.15, 0.2) is 24.3 Å². The third-order valence-corrected chi connectivity index (χ3v) is 6.58. The Balaban J connectivity index is 1.83. The van der Waals surface area contributed by atoms with E-state index >= 15 is 0 Å². The third kappa shape index (κ3) is 7.72. The Labute approximate surface area is 213 Å². The van der Waals surface area contributed by atoms with E-state index in [9.17, 15) is 18.8 Å². The maximum atomic E-state index is 13.5. The molecule has 0 aliphatic carbocycles. The maximum absolute atomic E-state index is 13.5. The van der Waals surface area contributed by atoms with Crippen LogP contribution in [0.5, 0.6) is 0 Å². The van der Waals surface area contributed by atoms with Gasteiger partial charge in [-0.1, -0.05) is 20.8 Å². The molecule has 1 aromatic carbocycles. The van der Waals surface area contributed by atoms with Gasteiger partial charge < -0.3 is 25.6 Å². The summed E-state index contributed by atoms with van der Waals surface area (Å²) in [6.45, 7) is 11.0. The SMILES string of the molecule is CC(C)(C)CC(=O)N(CCN1CCOCC1)C1CC(C(=O)NCCN)N(C(=O)c2ccc(F)cc2)C1. The third-order valence-electron chi connectivity index (χ3n) is 6.58. The number of morpholine rings is 1. The van der Waals surface area contributed by atoms with Crippen LogP contribution in [0.3, 0.4) is 0 Å². The van der Waals surface area contributed by atoms with Crippen LogP contribution in [0.4, 0.5) is 4.39 Å². The number of hydrogen-bond acceptors (Lipinski definition) is 6. The molecule has 2 unspecified atom stereocenters. The second-order valence-electron chi connectivity index (χ2n) is 10.7. The standard InChI is InChI=1S/C26H40FN5O4/c1-26(2,3)17-23(33)31(11-10-30-12-14-36-15-13-30)21-16-22(24(34)29-9-8-28)32(18-21)25(35)19-4-6-20(27)7-5-19/h4-7,21-22H,8-18,28H2,1-3H3,(H,29,34). The molecular weight excluding hydrogens is 465 g/mol. The molecule has 2 aliphatic heterocycles. The van der Waals surface area contributed by atoms with Crippen molar-refractivity contribution in [1.29, 1.82) is 0 Å². The Bertz CT molecular complexity index is 899. The normalized spacial score (nSPS) is 20.9. The van der Waals surface area contributed by atoms with Gasteiger partial charge in [0.1, 0.15) is 11.9 Å². The van der Waals surface area contributed by atoms with Crippen molar-refractivity contribution in [1.82, 2.24) is 20.0 Å². The quantitative estimate of drug-likeness (QED) is 0.520. The lowest BCUT2D eigenvalue weighted by Crippen LogP contribution is -2.48. The van der Waals surface area contributed by atoms with Crippen molar-refractivity contribution in [2.24, 2.45) is 11.1 Å². The average Bonchev–Trinajstić information content (AvgIpc) is 3.27. The van der Waals surface area contributed by atoms with Crippen LogP contribution in [-0.2, 0) is 14.3 Å². The van der Waals surface area contributed by atoms with Gasteiger partial charge >= 0.3 is 0 Å². The van der Waals surface area contributed by atoms with Crippen molar-refractivity contribution in [2.75, 3.05) is 59.0 Å². The van der Waals surface area contributed by atoms with E-state index in [0.717, 1.165) is 13.1 Å². The van der Waals surface area contributed by atoms with Crippen molar-refractivity contribution in [3.05, 3.63) is 35.6 Å². The van der Waals surface area contributed by atoms with E-state index in [1.807, 2.05) is 25.7 Å². The van der Waals surface area contributed by atoms with Gasteiger partial charge in [0.05, 0.1) is 19.3 Å². The van der Waals surface area contributed by atoms with E-state index in [4.69, 9.17) is 10.5 Å². The topological polar surface area (TPSA) is 108 Å². The first-order chi connectivity index (χ1) is 17.1. The summed E-state index contributed by atoms with van der Waals surface area (Å²) in [4.78, 5) is 45.5. The molecule has 10 heteroatoms. The Kier molecular flexibility index (Phi) is 9.81. The number of likely N-dealkylation sites (tertiary alicyclic amines) is 1. The highest BCUT2D eigenvalue weighted by Gasteiger charge is 2.43. The second kappa shape index (κ2) is 12.6. The predicted octanol–water partition coefficient (Wildman–Crippen LogP) is 1.08. The van der Waals surface area contributed by atoms with Gasteiger partial charge in [0.25, 0.3) is 5.91 Å². The van der Waals surface area contributed by atoms with Crippen molar-refractivity contribution >= 4 is 17.7 Å². The zero-order valence-electron chi connectivity index (χ0n) is 21.7. The number of amides is 3. The van der Waals surface area contributed by atoms with Gasteiger partial charge in [-0.15, -0.1) is 0 Å². The molecule has 2 atom stereocenters. The van der Waals surface area contributed by atoms with Crippen LogP contribution in [0.25, 0.3) is 0 Å². The molecule has 2 aliphatic rings. The Morgan fingerprint density at radius 2 is 1.83 bits per heavy atom. The monoisotopic (exact) mass is 505 g/mol. The van der Waals surface area contributed by atoms with Crippen LogP contribution in [0.1, 0.15) is 44.0 Å². The van der Waals surface area contributed by atoms with E-state index in [1.54, 1.807) is 0 Å². The first-order valence-corrected chi connectivity index (χ1v) is 12.7. The summed E-state index contributed by atoms with van der Waals surface area (Å²) in [5.74, 6) is -1.08. The minimum absolute atomic E-state index is 0.0120. The molecule has 0 saturated carbocycles. The lowest BCUT2D eigenvalue weighted by molar-refractivity contribution is -0.135. The lowest BCUT2D eigenvalue weighted by atomic mass is 9.91. The van der Waals surface area contributed by atoms with E-state index in [0.29, 0.717) is 51.3 Å². The van der Waals surface area contributed by atoms with Gasteiger partial charge in [-0.25, -0.2) is 4.39 Å². The largest absolute Gasteiger partial charge is 0.379 e. The Hall–Kier alpha value is -2.56. The lowest BCUT2D eigenvalue weighted by Gasteiger charge is -2.34. The number of benzene rings is 1. The minimum atomic E-state index is -0.743. The number of nitrogens with zero attached hydrogens (tertiary/aromatic N) is 3. The van der Waals surface area contributed by atoms with Crippen molar-refractivity contribution in [2.45, 2.75) is 45.7 Å². The zero-order valence-corrected chi connectivity index (χ0v) is 21.7. The first-order valence-electron chi connectivity index (χ1n) is 12.7. The fourth-order valence-electron chi connectivity index (χ4n) is 4.72. The molecule has 200 valence electrons. The molecule has 3 amide bonds. The molecule has 0 radical (unpaired) electrons. The van der Waals surface area contributed by atoms with Crippen LogP contribution < -0.4 is 11.1 Å². The highest BCUT2D eigenvalue weighted by molar-refractivity contribution is 5.98. The molecule has 2 fully saturated rings. The summed E-state index contributed by atoms with van der Waals surface area (Å²) in [7, 11) is 0. The molecule has 0 bridgehead atoms. The van der Waals surface area contributed by atoms with Crippen LogP contribution in [0.2, 0.25) is 0 Å². The van der Waals surface area contributed by atoms with Crippen molar-refractivity contribution in [3.63, 3.8) is 0 Å². The molecule has 0 spiro atoms. The van der Waals surface area contributed by atoms with Crippen molar-refractivity contribution in [3.8, 4) is 0 Å². The summed E-state index contributed by atoms with van der Waals surface area (Å²) in [6, 6.07) is 4.24. The van der Waals surface area contributed by atoms with Gasteiger partial charge in [-0.05, 0) is 36.1 Å². The number of carbonyl (C=O) groups excluding carboxylic acids is 3. The molecule has 2 saturated heterocycles. The number of hydrogen-bond donors (Lipinski definition) is 2. The molecule has 36 heavy (non-hydrogen) atoms. The summed E-state index contributed by atoms with van der Waals surface area (Å²) in [5, 5.41) is 2.79. The van der Waals surface area contributed by atoms with E-state index < -0.39 is 11.9 Å². The zero-order chi connectivity index (χ0) is 26.3. The van der Waals surface area contributed by atoms with Gasteiger partial charge in [0, 0.05) is 57.8 Å². The number of nitrogens with one attached hydrogen (secondary N) is 1. The van der Waals surface area contributed by atoms with Crippen LogP contribution in [-0.4, -0.2) is 104 Å². The fourth-order valence-corrected chi connectivity index (χ4v) is 4.72. The molecule has 9 nitrogen and oxygen atoms in total. The van der Waals surface area contributed by atoms with E-state index in [-0.39, 0.29) is 42.3 Å². The van der Waals surface area contributed by atoms with Crippen molar-refractivity contribution < 1.29 is 23.5 Å². The van der Waals surface area contributed by atoms with E-state index in [2.05, 4.69) is 10.2 Å². The number of ether oxygens (including phenoxy) is 1. The number of rotatable bonds is 9. The van der Waals surface area contributed by atoms with Gasteiger partial charge in [0.2, 0.25) is 11.8 Å². The predicted molar refractivity (Wildman–Crippen MR) is 135 cm³/mol. The molecule has 3 rings (SSSR count). The van der Waals surface area contributed by atoms with Crippen LogP contribution in [0, 0.1) is 11.2 Å². The molecule has 2 heterocycles. The highest BCUT2D eigenvalue weighted by atomic mass is 19.1. The Morgan fingerprint density at radius 1 is 1.17 bits per heavy atom. The van der Waals surface area contributed by atoms with Gasteiger partial charge in [-0.3, -0.25) is 19.3 Å². The fraction of sp³-hybridized carbons (Fsp3) is 0.654. The summed E-state index contributed by atoms with van der Waals surface area (Å²) in [6.07, 6.45) is 0.699. The maximum Gasteiger partial charge on any atom is 0.254 e. The highest BCUT2D eigenvalue weighted by Crippen LogP contribution is 2.28. The molecule has 3 N–H and O–H groups in total. The van der Waals surface area contributed by atoms with E-state index in [1.165, 1.54) is 29.2 Å². The van der Waals surface area contributed by atoms with Crippen LogP contribution >= 0.6 is 0 Å².